The van der Waals surface area contributed by atoms with E-state index in [0.29, 0.717) is 41.3 Å². The van der Waals surface area contributed by atoms with Crippen molar-refractivity contribution >= 4 is 34.0 Å². The van der Waals surface area contributed by atoms with Gasteiger partial charge in [-0.1, -0.05) is 13.8 Å². The summed E-state index contributed by atoms with van der Waals surface area (Å²) in [4.78, 5) is 23.2. The van der Waals surface area contributed by atoms with Crippen molar-refractivity contribution in [3.05, 3.63) is 22.2 Å². The van der Waals surface area contributed by atoms with E-state index in [9.17, 15) is 9.59 Å². The monoisotopic (exact) mass is 413 g/mol. The van der Waals surface area contributed by atoms with Crippen molar-refractivity contribution < 1.29 is 19.1 Å². The van der Waals surface area contributed by atoms with Crippen LogP contribution >= 0.6 is 15.9 Å². The number of nitrogens with zero attached hydrogens (tertiary/aromatic N) is 1. The van der Waals surface area contributed by atoms with E-state index in [1.54, 1.807) is 12.1 Å². The number of nitrogens with one attached hydrogen (secondary N) is 2. The summed E-state index contributed by atoms with van der Waals surface area (Å²) in [6.45, 7) is 9.07. The van der Waals surface area contributed by atoms with Crippen LogP contribution in [0.5, 0.6) is 11.5 Å². The van der Waals surface area contributed by atoms with Gasteiger partial charge in [-0.2, -0.15) is 5.10 Å². The molecule has 7 nitrogen and oxygen atoms in total. The second-order valence-electron chi connectivity index (χ2n) is 5.50. The molecule has 2 amide bonds. The number of amides is 2. The number of rotatable bonds is 8. The standard InChI is InChI=1S/C17H24BrN3O4/c1-5-24-14-8-12(7-13(18)15(14)25-6-2)10-20-21-17(23)16(22)19-9-11(3)4/h7-8,10-11H,5-6,9H2,1-4H3,(H,19,22)(H,21,23)/b20-10-. The summed E-state index contributed by atoms with van der Waals surface area (Å²) in [6, 6.07) is 3.52. The third-order valence-electron chi connectivity index (χ3n) is 2.88. The Morgan fingerprint density at radius 2 is 1.88 bits per heavy atom. The molecule has 0 aliphatic heterocycles. The molecule has 0 aliphatic rings. The van der Waals surface area contributed by atoms with E-state index in [0.717, 1.165) is 0 Å². The number of carbonyl (C=O) groups is 2. The maximum absolute atomic E-state index is 11.6. The molecule has 0 heterocycles. The van der Waals surface area contributed by atoms with Crippen molar-refractivity contribution in [1.82, 2.24) is 10.7 Å². The topological polar surface area (TPSA) is 89.0 Å². The third-order valence-corrected chi connectivity index (χ3v) is 3.47. The largest absolute Gasteiger partial charge is 0.490 e. The average Bonchev–Trinajstić information content (AvgIpc) is 2.55. The van der Waals surface area contributed by atoms with Gasteiger partial charge in [-0.05, 0) is 53.4 Å². The molecular weight excluding hydrogens is 390 g/mol. The Labute approximate surface area is 156 Å². The minimum atomic E-state index is -0.813. The first-order valence-corrected chi connectivity index (χ1v) is 8.88. The molecule has 1 aromatic rings. The summed E-state index contributed by atoms with van der Waals surface area (Å²) in [6.07, 6.45) is 1.43. The molecule has 0 radical (unpaired) electrons. The van der Waals surface area contributed by atoms with Gasteiger partial charge >= 0.3 is 11.8 Å². The summed E-state index contributed by atoms with van der Waals surface area (Å²) in [5, 5.41) is 6.32. The fraction of sp³-hybridized carbons (Fsp3) is 0.471. The zero-order valence-corrected chi connectivity index (χ0v) is 16.5. The van der Waals surface area contributed by atoms with Gasteiger partial charge in [0.05, 0.1) is 23.9 Å². The predicted molar refractivity (Wildman–Crippen MR) is 100 cm³/mol. The van der Waals surface area contributed by atoms with E-state index in [1.807, 2.05) is 27.7 Å². The quantitative estimate of drug-likeness (QED) is 0.389. The van der Waals surface area contributed by atoms with Gasteiger partial charge in [0.1, 0.15) is 0 Å². The van der Waals surface area contributed by atoms with Crippen LogP contribution in [0.3, 0.4) is 0 Å². The van der Waals surface area contributed by atoms with Gasteiger partial charge in [0.15, 0.2) is 11.5 Å². The van der Waals surface area contributed by atoms with Crippen LogP contribution in [0.1, 0.15) is 33.3 Å². The minimum absolute atomic E-state index is 0.262. The van der Waals surface area contributed by atoms with Gasteiger partial charge in [-0.25, -0.2) is 5.43 Å². The van der Waals surface area contributed by atoms with Crippen molar-refractivity contribution in [1.29, 1.82) is 0 Å². The SMILES string of the molecule is CCOc1cc(/C=N\NC(=O)C(=O)NCC(C)C)cc(Br)c1OCC. The van der Waals surface area contributed by atoms with Crippen LogP contribution in [0.4, 0.5) is 0 Å². The highest BCUT2D eigenvalue weighted by Crippen LogP contribution is 2.36. The van der Waals surface area contributed by atoms with Gasteiger partial charge in [-0.3, -0.25) is 9.59 Å². The molecule has 25 heavy (non-hydrogen) atoms. The normalized spacial score (nSPS) is 10.8. The molecule has 0 spiro atoms. The smallest absolute Gasteiger partial charge is 0.329 e. The van der Waals surface area contributed by atoms with Crippen molar-refractivity contribution in [2.24, 2.45) is 11.0 Å². The fourth-order valence-corrected chi connectivity index (χ4v) is 2.38. The second kappa shape index (κ2) is 10.7. The van der Waals surface area contributed by atoms with Gasteiger partial charge < -0.3 is 14.8 Å². The van der Waals surface area contributed by atoms with E-state index < -0.39 is 11.8 Å². The molecule has 0 fully saturated rings. The number of halogens is 1. The Kier molecular flexibility index (Phi) is 8.98. The lowest BCUT2D eigenvalue weighted by Crippen LogP contribution is -2.39. The van der Waals surface area contributed by atoms with Crippen LogP contribution in [0, 0.1) is 5.92 Å². The molecule has 1 rings (SSSR count). The van der Waals surface area contributed by atoms with Crippen LogP contribution in [0.15, 0.2) is 21.7 Å². The molecule has 138 valence electrons. The summed E-state index contributed by atoms with van der Waals surface area (Å²) >= 11 is 3.43. The van der Waals surface area contributed by atoms with E-state index in [4.69, 9.17) is 9.47 Å². The first-order valence-electron chi connectivity index (χ1n) is 8.09. The van der Waals surface area contributed by atoms with E-state index in [1.165, 1.54) is 6.21 Å². The Balaban J connectivity index is 2.76. The summed E-state index contributed by atoms with van der Waals surface area (Å²) < 4.78 is 11.8. The molecule has 0 saturated carbocycles. The average molecular weight is 414 g/mol. The number of hydrogen-bond acceptors (Lipinski definition) is 5. The van der Waals surface area contributed by atoms with Crippen LogP contribution in [0.2, 0.25) is 0 Å². The van der Waals surface area contributed by atoms with Gasteiger partial charge in [0, 0.05) is 6.54 Å². The Hall–Kier alpha value is -2.09. The fourth-order valence-electron chi connectivity index (χ4n) is 1.80. The zero-order chi connectivity index (χ0) is 18.8. The zero-order valence-electron chi connectivity index (χ0n) is 14.9. The second-order valence-corrected chi connectivity index (χ2v) is 6.35. The number of carbonyl (C=O) groups excluding carboxylic acids is 2. The summed E-state index contributed by atoms with van der Waals surface area (Å²) in [5.74, 6) is -0.0844. The summed E-state index contributed by atoms with van der Waals surface area (Å²) in [5.41, 5.74) is 2.88. The number of benzene rings is 1. The molecule has 0 aromatic heterocycles. The molecule has 0 atom stereocenters. The maximum Gasteiger partial charge on any atom is 0.329 e. The van der Waals surface area contributed by atoms with Crippen molar-refractivity contribution in [2.75, 3.05) is 19.8 Å². The van der Waals surface area contributed by atoms with Gasteiger partial charge in [0.2, 0.25) is 0 Å². The van der Waals surface area contributed by atoms with E-state index in [-0.39, 0.29) is 5.92 Å². The van der Waals surface area contributed by atoms with Crippen LogP contribution < -0.4 is 20.2 Å². The molecule has 0 bridgehead atoms. The highest BCUT2D eigenvalue weighted by molar-refractivity contribution is 9.10. The Bertz CT molecular complexity index is 633. The minimum Gasteiger partial charge on any atom is -0.490 e. The molecular formula is C17H24BrN3O4. The maximum atomic E-state index is 11.6. The van der Waals surface area contributed by atoms with Crippen LogP contribution in [-0.2, 0) is 9.59 Å². The lowest BCUT2D eigenvalue weighted by molar-refractivity contribution is -0.139. The van der Waals surface area contributed by atoms with Crippen molar-refractivity contribution in [3.8, 4) is 11.5 Å². The van der Waals surface area contributed by atoms with Crippen molar-refractivity contribution in [2.45, 2.75) is 27.7 Å². The molecule has 0 saturated heterocycles. The highest BCUT2D eigenvalue weighted by atomic mass is 79.9. The molecule has 0 aliphatic carbocycles. The lowest BCUT2D eigenvalue weighted by atomic mass is 10.2. The Morgan fingerprint density at radius 3 is 2.48 bits per heavy atom. The van der Waals surface area contributed by atoms with Crippen molar-refractivity contribution in [3.63, 3.8) is 0 Å². The van der Waals surface area contributed by atoms with Gasteiger partial charge in [-0.15, -0.1) is 0 Å². The van der Waals surface area contributed by atoms with E-state index >= 15 is 0 Å². The predicted octanol–water partition coefficient (Wildman–Crippen LogP) is 2.47. The molecule has 8 heteroatoms. The van der Waals surface area contributed by atoms with Crippen LogP contribution in [-0.4, -0.2) is 37.8 Å². The molecule has 2 N–H and O–H groups in total. The molecule has 0 unspecified atom stereocenters. The first-order chi connectivity index (χ1) is 11.9. The number of hydrogen-bond donors (Lipinski definition) is 2. The highest BCUT2D eigenvalue weighted by Gasteiger charge is 2.13. The van der Waals surface area contributed by atoms with Crippen LogP contribution in [0.25, 0.3) is 0 Å². The van der Waals surface area contributed by atoms with Gasteiger partial charge in [0.25, 0.3) is 0 Å². The third kappa shape index (κ3) is 7.13. The molecule has 1 aromatic carbocycles. The summed E-state index contributed by atoms with van der Waals surface area (Å²) in [7, 11) is 0. The lowest BCUT2D eigenvalue weighted by Gasteiger charge is -2.13. The number of ether oxygens (including phenoxy) is 2. The number of hydrazone groups is 1. The first kappa shape index (κ1) is 21.0. The Morgan fingerprint density at radius 1 is 1.20 bits per heavy atom. The van der Waals surface area contributed by atoms with E-state index in [2.05, 4.69) is 31.8 Å².